The molecule has 1 aliphatic heterocycles. The molecule has 198 valence electrons. The number of anilines is 1. The first-order valence-electron chi connectivity index (χ1n) is 13.6. The summed E-state index contributed by atoms with van der Waals surface area (Å²) in [6.07, 6.45) is 6.58. The third-order valence-electron chi connectivity index (χ3n) is 8.30. The van der Waals surface area contributed by atoms with E-state index < -0.39 is 11.2 Å². The van der Waals surface area contributed by atoms with Crippen LogP contribution in [0.3, 0.4) is 0 Å². The molecular formula is C30H34N4O3S. The summed E-state index contributed by atoms with van der Waals surface area (Å²) in [7, 11) is 0. The van der Waals surface area contributed by atoms with Crippen LogP contribution in [0.4, 0.5) is 10.5 Å². The summed E-state index contributed by atoms with van der Waals surface area (Å²) >= 11 is -0.982. The van der Waals surface area contributed by atoms with Crippen LogP contribution < -0.4 is 10.2 Å². The summed E-state index contributed by atoms with van der Waals surface area (Å²) in [5.74, 6) is 1.61. The number of rotatable bonds is 6. The molecule has 2 amide bonds. The Hall–Kier alpha value is -3.10. The van der Waals surface area contributed by atoms with Crippen molar-refractivity contribution in [2.24, 2.45) is 0 Å². The number of aromatic hydroxyl groups is 1. The lowest BCUT2D eigenvalue weighted by Gasteiger charge is -2.25. The first kappa shape index (κ1) is 25.2. The molecule has 0 bridgehead atoms. The SMILES string of the molecule is CC[S+]([O-])c1ccc(CNC(=O)N2CC3(CCCC3)c3cc(-c4c(O)nc(C)nc4C4CC4)ccc32)cc1. The highest BCUT2D eigenvalue weighted by atomic mass is 32.2. The average molecular weight is 531 g/mol. The van der Waals surface area contributed by atoms with E-state index in [1.165, 1.54) is 5.56 Å². The second-order valence-corrected chi connectivity index (χ2v) is 12.6. The third kappa shape index (κ3) is 4.54. The summed E-state index contributed by atoms with van der Waals surface area (Å²) in [5.41, 5.74) is 5.67. The molecule has 3 aromatic rings. The van der Waals surface area contributed by atoms with Gasteiger partial charge in [0, 0.05) is 30.1 Å². The van der Waals surface area contributed by atoms with Crippen LogP contribution >= 0.6 is 0 Å². The smallest absolute Gasteiger partial charge is 0.322 e. The van der Waals surface area contributed by atoms with Crippen molar-refractivity contribution in [1.29, 1.82) is 0 Å². The van der Waals surface area contributed by atoms with E-state index in [9.17, 15) is 14.5 Å². The highest BCUT2D eigenvalue weighted by molar-refractivity contribution is 7.91. The van der Waals surface area contributed by atoms with Crippen molar-refractivity contribution >= 4 is 22.9 Å². The summed E-state index contributed by atoms with van der Waals surface area (Å²) in [4.78, 5) is 25.1. The van der Waals surface area contributed by atoms with Gasteiger partial charge in [0.1, 0.15) is 11.6 Å². The van der Waals surface area contributed by atoms with E-state index in [-0.39, 0.29) is 17.3 Å². The molecule has 38 heavy (non-hydrogen) atoms. The molecule has 2 aromatic carbocycles. The number of carbonyl (C=O) groups is 1. The molecule has 1 unspecified atom stereocenters. The number of carbonyl (C=O) groups excluding carboxylic acids is 1. The minimum Gasteiger partial charge on any atom is -0.611 e. The molecule has 2 saturated carbocycles. The molecule has 3 aliphatic rings. The Balaban J connectivity index is 1.28. The molecule has 0 radical (unpaired) electrons. The van der Waals surface area contributed by atoms with Gasteiger partial charge < -0.3 is 15.0 Å². The van der Waals surface area contributed by atoms with Crippen molar-refractivity contribution in [2.75, 3.05) is 17.2 Å². The fourth-order valence-corrected chi connectivity index (χ4v) is 6.97. The van der Waals surface area contributed by atoms with Crippen LogP contribution in [-0.4, -0.2) is 38.0 Å². The molecule has 0 saturated heterocycles. The predicted molar refractivity (Wildman–Crippen MR) is 149 cm³/mol. The van der Waals surface area contributed by atoms with E-state index in [0.29, 0.717) is 30.6 Å². The monoisotopic (exact) mass is 530 g/mol. The van der Waals surface area contributed by atoms with Crippen LogP contribution in [0.1, 0.15) is 74.0 Å². The number of nitrogens with one attached hydrogen (secondary N) is 1. The Bertz CT molecular complexity index is 1370. The highest BCUT2D eigenvalue weighted by Gasteiger charge is 2.46. The maximum Gasteiger partial charge on any atom is 0.322 e. The maximum absolute atomic E-state index is 13.4. The van der Waals surface area contributed by atoms with Crippen molar-refractivity contribution in [3.63, 3.8) is 0 Å². The fraction of sp³-hybridized carbons (Fsp3) is 0.433. The van der Waals surface area contributed by atoms with Gasteiger partial charge >= 0.3 is 6.03 Å². The van der Waals surface area contributed by atoms with Crippen LogP contribution in [0.2, 0.25) is 0 Å². The molecule has 7 nitrogen and oxygen atoms in total. The average Bonchev–Trinajstić information content (AvgIpc) is 3.59. The summed E-state index contributed by atoms with van der Waals surface area (Å²) in [5, 5.41) is 13.9. The number of urea groups is 1. The van der Waals surface area contributed by atoms with Gasteiger partial charge in [-0.1, -0.05) is 31.0 Å². The molecule has 8 heteroatoms. The standard InChI is InChI=1S/C30H34N4O3S/c1-3-38(37)23-11-6-20(7-12-23)17-31-29(36)34-18-30(14-4-5-15-30)24-16-22(10-13-25(24)34)26-27(21-8-9-21)32-19(2)33-28(26)35/h6-7,10-13,16,21H,3-5,8-9,14-15,17-18H2,1-2H3,(H,31,36)(H,32,33,35). The summed E-state index contributed by atoms with van der Waals surface area (Å²) in [6.45, 7) is 4.80. The van der Waals surface area contributed by atoms with Crippen LogP contribution in [0.15, 0.2) is 47.4 Å². The molecule has 1 atom stereocenters. The van der Waals surface area contributed by atoms with Crippen molar-refractivity contribution < 1.29 is 14.5 Å². The number of aryl methyl sites for hydroxylation is 1. The molecule has 6 rings (SSSR count). The first-order valence-corrected chi connectivity index (χ1v) is 15.0. The second-order valence-electron chi connectivity index (χ2n) is 10.9. The quantitative estimate of drug-likeness (QED) is 0.398. The fourth-order valence-electron chi connectivity index (χ4n) is 6.19. The lowest BCUT2D eigenvalue weighted by atomic mass is 9.80. The molecule has 1 aromatic heterocycles. The Morgan fingerprint density at radius 2 is 1.89 bits per heavy atom. The Labute approximate surface area is 226 Å². The van der Waals surface area contributed by atoms with Crippen LogP contribution in [0.5, 0.6) is 5.88 Å². The van der Waals surface area contributed by atoms with Crippen LogP contribution in [0, 0.1) is 6.92 Å². The van der Waals surface area contributed by atoms with Crippen molar-refractivity contribution in [2.45, 2.75) is 75.1 Å². The van der Waals surface area contributed by atoms with Crippen LogP contribution in [0.25, 0.3) is 11.1 Å². The van der Waals surface area contributed by atoms with Crippen molar-refractivity contribution in [3.05, 3.63) is 65.1 Å². The van der Waals surface area contributed by atoms with E-state index in [4.69, 9.17) is 4.98 Å². The first-order chi connectivity index (χ1) is 18.4. The Morgan fingerprint density at radius 3 is 2.58 bits per heavy atom. The number of nitrogens with zero attached hydrogens (tertiary/aromatic N) is 3. The lowest BCUT2D eigenvalue weighted by molar-refractivity contribution is 0.245. The predicted octanol–water partition coefficient (Wildman–Crippen LogP) is 5.70. The van der Waals surface area contributed by atoms with E-state index >= 15 is 0 Å². The normalized spacial score (nSPS) is 18.6. The molecule has 2 fully saturated rings. The molecule has 2 N–H and O–H groups in total. The van der Waals surface area contributed by atoms with Gasteiger partial charge in [-0.2, -0.15) is 4.98 Å². The number of hydrogen-bond acceptors (Lipinski definition) is 5. The second kappa shape index (κ2) is 9.89. The lowest BCUT2D eigenvalue weighted by Crippen LogP contribution is -2.41. The number of amides is 2. The van der Waals surface area contributed by atoms with Gasteiger partial charge in [0.15, 0.2) is 4.90 Å². The minimum atomic E-state index is -0.982. The van der Waals surface area contributed by atoms with Gasteiger partial charge in [0.05, 0.1) is 11.3 Å². The summed E-state index contributed by atoms with van der Waals surface area (Å²) < 4.78 is 12.0. The number of benzene rings is 2. The van der Waals surface area contributed by atoms with Gasteiger partial charge in [-0.25, -0.2) is 9.78 Å². The zero-order valence-electron chi connectivity index (χ0n) is 22.0. The molecular weight excluding hydrogens is 496 g/mol. The van der Waals surface area contributed by atoms with E-state index in [1.54, 1.807) is 0 Å². The van der Waals surface area contributed by atoms with Gasteiger partial charge in [-0.3, -0.25) is 4.90 Å². The largest absolute Gasteiger partial charge is 0.611 e. The van der Waals surface area contributed by atoms with Gasteiger partial charge in [0.25, 0.3) is 0 Å². The summed E-state index contributed by atoms with van der Waals surface area (Å²) in [6, 6.07) is 13.7. The van der Waals surface area contributed by atoms with Gasteiger partial charge in [-0.15, -0.1) is 0 Å². The van der Waals surface area contributed by atoms with E-state index in [2.05, 4.69) is 16.4 Å². The van der Waals surface area contributed by atoms with Crippen molar-refractivity contribution in [3.8, 4) is 17.0 Å². The minimum absolute atomic E-state index is 0.0428. The van der Waals surface area contributed by atoms with Crippen LogP contribution in [-0.2, 0) is 23.1 Å². The van der Waals surface area contributed by atoms with E-state index in [0.717, 1.165) is 71.5 Å². The maximum atomic E-state index is 13.4. The third-order valence-corrected chi connectivity index (χ3v) is 9.62. The van der Waals surface area contributed by atoms with Gasteiger partial charge in [-0.05, 0) is 91.7 Å². The zero-order valence-corrected chi connectivity index (χ0v) is 22.8. The number of hydrogen-bond donors (Lipinski definition) is 2. The topological polar surface area (TPSA) is 101 Å². The van der Waals surface area contributed by atoms with Gasteiger partial charge in [0.2, 0.25) is 5.88 Å². The Kier molecular flexibility index (Phi) is 6.56. The zero-order chi connectivity index (χ0) is 26.4. The van der Waals surface area contributed by atoms with E-state index in [1.807, 2.05) is 55.1 Å². The van der Waals surface area contributed by atoms with Crippen molar-refractivity contribution in [1.82, 2.24) is 15.3 Å². The number of fused-ring (bicyclic) bond motifs is 2. The molecule has 2 aliphatic carbocycles. The molecule has 1 spiro atoms. The highest BCUT2D eigenvalue weighted by Crippen LogP contribution is 2.53. The molecule has 2 heterocycles. The Morgan fingerprint density at radius 1 is 1.16 bits per heavy atom. The number of aromatic nitrogens is 2.